The van der Waals surface area contributed by atoms with E-state index in [-0.39, 0.29) is 5.78 Å². The first-order valence-corrected chi connectivity index (χ1v) is 2.76. The molecule has 48 valence electrons. The molecule has 9 heavy (non-hydrogen) atoms. The lowest BCUT2D eigenvalue weighted by atomic mass is 10.2. The van der Waals surface area contributed by atoms with Gasteiger partial charge in [-0.2, -0.15) is 0 Å². The smallest absolute Gasteiger partial charge is 0.184 e. The number of hydrogen-bond donors (Lipinski definition) is 0. The second-order valence-electron chi connectivity index (χ2n) is 1.65. The highest BCUT2D eigenvalue weighted by Crippen LogP contribution is 1.97. The fourth-order valence-corrected chi connectivity index (χ4v) is 0.531. The van der Waals surface area contributed by atoms with Gasteiger partial charge in [-0.05, 0) is 0 Å². The molecule has 0 amide bonds. The first-order chi connectivity index (χ1) is 4.34. The molecule has 0 spiro atoms. The van der Waals surface area contributed by atoms with Crippen molar-refractivity contribution in [2.24, 2.45) is 0 Å². The number of carbonyl (C=O) groups is 1. The number of rotatable bonds is 2. The molecule has 0 fully saturated rings. The van der Waals surface area contributed by atoms with Crippen LogP contribution in [0.3, 0.4) is 0 Å². The molecule has 0 aliphatic carbocycles. The molecule has 0 bridgehead atoms. The molecule has 3 heteroatoms. The molecule has 0 radical (unpaired) electrons. The average molecular weight is 125 g/mol. The first-order valence-electron chi connectivity index (χ1n) is 2.76. The minimum Gasteiger partial charge on any atom is -0.451 e. The Labute approximate surface area is 52.7 Å². The average Bonchev–Trinajstić information content (AvgIpc) is 2.37. The molecule has 0 aromatic carbocycles. The minimum atomic E-state index is 0.0174. The van der Waals surface area contributed by atoms with Crippen LogP contribution in [0.4, 0.5) is 0 Å². The molecular weight excluding hydrogens is 118 g/mol. The van der Waals surface area contributed by atoms with E-state index in [2.05, 4.69) is 9.40 Å². The van der Waals surface area contributed by atoms with Gasteiger partial charge in [0.05, 0.1) is 0 Å². The minimum absolute atomic E-state index is 0.0174. The maximum Gasteiger partial charge on any atom is 0.184 e. The Hall–Kier alpha value is -1.12. The summed E-state index contributed by atoms with van der Waals surface area (Å²) < 4.78 is 4.61. The summed E-state index contributed by atoms with van der Waals surface area (Å²) in [5.41, 5.74) is 0.414. The zero-order valence-corrected chi connectivity index (χ0v) is 5.13. The van der Waals surface area contributed by atoms with Crippen molar-refractivity contribution in [1.29, 1.82) is 0 Å². The van der Waals surface area contributed by atoms with Gasteiger partial charge in [0, 0.05) is 6.42 Å². The summed E-state index contributed by atoms with van der Waals surface area (Å²) in [6.07, 6.45) is 3.08. The molecule has 1 aromatic heterocycles. The number of oxazole rings is 1. The van der Waals surface area contributed by atoms with E-state index < -0.39 is 0 Å². The zero-order valence-electron chi connectivity index (χ0n) is 5.13. The topological polar surface area (TPSA) is 43.1 Å². The van der Waals surface area contributed by atoms with Crippen molar-refractivity contribution in [3.63, 3.8) is 0 Å². The van der Waals surface area contributed by atoms with Gasteiger partial charge in [-0.25, -0.2) is 4.98 Å². The number of hydrogen-bond acceptors (Lipinski definition) is 3. The standard InChI is InChI=1S/C6H7NO2/c1-2-6(8)5-3-9-4-7-5/h3-4H,2H2,1H3. The van der Waals surface area contributed by atoms with E-state index in [4.69, 9.17) is 0 Å². The van der Waals surface area contributed by atoms with Crippen molar-refractivity contribution in [2.75, 3.05) is 0 Å². The van der Waals surface area contributed by atoms with E-state index in [0.717, 1.165) is 0 Å². The van der Waals surface area contributed by atoms with Gasteiger partial charge in [0.1, 0.15) is 12.0 Å². The number of aromatic nitrogens is 1. The molecule has 0 unspecified atom stereocenters. The van der Waals surface area contributed by atoms with E-state index in [1.54, 1.807) is 6.92 Å². The molecule has 1 aromatic rings. The summed E-state index contributed by atoms with van der Waals surface area (Å²) in [7, 11) is 0. The van der Waals surface area contributed by atoms with Crippen LogP contribution in [0.2, 0.25) is 0 Å². The van der Waals surface area contributed by atoms with Gasteiger partial charge >= 0.3 is 0 Å². The van der Waals surface area contributed by atoms with Gasteiger partial charge in [-0.15, -0.1) is 0 Å². The summed E-state index contributed by atoms with van der Waals surface area (Å²) in [6, 6.07) is 0. The largest absolute Gasteiger partial charge is 0.451 e. The van der Waals surface area contributed by atoms with E-state index in [0.29, 0.717) is 12.1 Å². The van der Waals surface area contributed by atoms with E-state index in [9.17, 15) is 4.79 Å². The molecular formula is C6H7NO2. The van der Waals surface area contributed by atoms with Gasteiger partial charge in [0.25, 0.3) is 0 Å². The van der Waals surface area contributed by atoms with Crippen molar-refractivity contribution in [3.8, 4) is 0 Å². The Bertz CT molecular complexity index is 191. The number of nitrogens with zero attached hydrogens (tertiary/aromatic N) is 1. The van der Waals surface area contributed by atoms with Gasteiger partial charge < -0.3 is 4.42 Å². The third-order valence-corrected chi connectivity index (χ3v) is 1.04. The monoisotopic (exact) mass is 125 g/mol. The van der Waals surface area contributed by atoms with Gasteiger partial charge in [0.15, 0.2) is 12.2 Å². The highest BCUT2D eigenvalue weighted by atomic mass is 16.3. The van der Waals surface area contributed by atoms with Crippen molar-refractivity contribution >= 4 is 5.78 Å². The highest BCUT2D eigenvalue weighted by Gasteiger charge is 2.03. The van der Waals surface area contributed by atoms with Crippen LogP contribution in [0.5, 0.6) is 0 Å². The maximum atomic E-state index is 10.8. The Morgan fingerprint density at radius 1 is 1.89 bits per heavy atom. The summed E-state index contributed by atoms with van der Waals surface area (Å²) >= 11 is 0. The normalized spacial score (nSPS) is 9.44. The summed E-state index contributed by atoms with van der Waals surface area (Å²) in [4.78, 5) is 14.4. The van der Waals surface area contributed by atoms with Crippen molar-refractivity contribution in [2.45, 2.75) is 13.3 Å². The van der Waals surface area contributed by atoms with Crippen molar-refractivity contribution in [3.05, 3.63) is 18.4 Å². The van der Waals surface area contributed by atoms with Crippen LogP contribution in [-0.2, 0) is 0 Å². The number of ketones is 1. The molecule has 0 aliphatic rings. The number of Topliss-reactive ketones (excluding diaryl/α,β-unsaturated/α-hetero) is 1. The Kier molecular flexibility index (Phi) is 1.63. The Morgan fingerprint density at radius 2 is 2.67 bits per heavy atom. The van der Waals surface area contributed by atoms with Crippen molar-refractivity contribution in [1.82, 2.24) is 4.98 Å². The van der Waals surface area contributed by atoms with Crippen LogP contribution < -0.4 is 0 Å². The van der Waals surface area contributed by atoms with Crippen LogP contribution in [-0.4, -0.2) is 10.8 Å². The van der Waals surface area contributed by atoms with E-state index >= 15 is 0 Å². The predicted octanol–water partition coefficient (Wildman–Crippen LogP) is 1.27. The maximum absolute atomic E-state index is 10.8. The molecule has 0 aliphatic heterocycles. The fraction of sp³-hybridized carbons (Fsp3) is 0.333. The molecule has 1 heterocycles. The Morgan fingerprint density at radius 3 is 3.11 bits per heavy atom. The molecule has 0 N–H and O–H groups in total. The summed E-state index contributed by atoms with van der Waals surface area (Å²) in [5, 5.41) is 0. The van der Waals surface area contributed by atoms with Gasteiger partial charge in [0.2, 0.25) is 0 Å². The zero-order chi connectivity index (χ0) is 6.69. The third kappa shape index (κ3) is 1.16. The lowest BCUT2D eigenvalue weighted by Crippen LogP contribution is -1.94. The van der Waals surface area contributed by atoms with Crippen molar-refractivity contribution < 1.29 is 9.21 Å². The van der Waals surface area contributed by atoms with Crippen LogP contribution >= 0.6 is 0 Å². The lowest BCUT2D eigenvalue weighted by Gasteiger charge is -1.83. The molecule has 1 rings (SSSR count). The highest BCUT2D eigenvalue weighted by molar-refractivity contribution is 5.93. The van der Waals surface area contributed by atoms with Gasteiger partial charge in [-0.1, -0.05) is 6.92 Å². The molecule has 3 nitrogen and oxygen atoms in total. The third-order valence-electron chi connectivity index (χ3n) is 1.04. The lowest BCUT2D eigenvalue weighted by molar-refractivity contribution is 0.0983. The summed E-state index contributed by atoms with van der Waals surface area (Å²) in [5.74, 6) is 0.0174. The van der Waals surface area contributed by atoms with Crippen LogP contribution in [0.15, 0.2) is 17.1 Å². The second-order valence-corrected chi connectivity index (χ2v) is 1.65. The fourth-order valence-electron chi connectivity index (χ4n) is 0.531. The van der Waals surface area contributed by atoms with Gasteiger partial charge in [-0.3, -0.25) is 4.79 Å². The Balaban J connectivity index is 2.77. The second kappa shape index (κ2) is 2.44. The summed E-state index contributed by atoms with van der Waals surface area (Å²) in [6.45, 7) is 1.79. The van der Waals surface area contributed by atoms with Crippen LogP contribution in [0, 0.1) is 0 Å². The first kappa shape index (κ1) is 6.01. The van der Waals surface area contributed by atoms with Crippen LogP contribution in [0.25, 0.3) is 0 Å². The molecule has 0 atom stereocenters. The predicted molar refractivity (Wildman–Crippen MR) is 31.1 cm³/mol. The quantitative estimate of drug-likeness (QED) is 0.559. The molecule has 0 saturated carbocycles. The number of carbonyl (C=O) groups excluding carboxylic acids is 1. The SMILES string of the molecule is CCC(=O)c1cocn1. The van der Waals surface area contributed by atoms with E-state index in [1.165, 1.54) is 12.7 Å². The van der Waals surface area contributed by atoms with Crippen LogP contribution in [0.1, 0.15) is 23.8 Å². The van der Waals surface area contributed by atoms with E-state index in [1.807, 2.05) is 0 Å². The molecule has 0 saturated heterocycles.